The van der Waals surface area contributed by atoms with Crippen molar-refractivity contribution in [3.05, 3.63) is 62.5 Å². The molecule has 0 amide bonds. The van der Waals surface area contributed by atoms with Gasteiger partial charge in [0.05, 0.1) is 18.1 Å². The Balaban J connectivity index is 2.35. The molecule has 0 saturated heterocycles. The second kappa shape index (κ2) is 5.92. The number of hydrogen-bond acceptors (Lipinski definition) is 3. The summed E-state index contributed by atoms with van der Waals surface area (Å²) in [4.78, 5) is 22.9. The van der Waals surface area contributed by atoms with Crippen LogP contribution in [0.15, 0.2) is 45.8 Å². The van der Waals surface area contributed by atoms with E-state index < -0.39 is 11.5 Å². The van der Waals surface area contributed by atoms with E-state index >= 15 is 0 Å². The van der Waals surface area contributed by atoms with Crippen LogP contribution >= 0.6 is 15.9 Å². The van der Waals surface area contributed by atoms with Crippen LogP contribution in [-0.2, 0) is 6.54 Å². The molecule has 0 fully saturated rings. The number of rotatable bonds is 4. The van der Waals surface area contributed by atoms with Crippen LogP contribution < -0.4 is 10.3 Å². The van der Waals surface area contributed by atoms with Crippen molar-refractivity contribution >= 4 is 21.9 Å². The minimum atomic E-state index is -1.22. The number of pyridine rings is 1. The molecule has 0 aliphatic rings. The average molecular weight is 338 g/mol. The van der Waals surface area contributed by atoms with Crippen LogP contribution in [0.3, 0.4) is 0 Å². The van der Waals surface area contributed by atoms with Gasteiger partial charge in [0.1, 0.15) is 11.3 Å². The molecular weight excluding hydrogens is 326 g/mol. The van der Waals surface area contributed by atoms with Crippen molar-refractivity contribution in [1.82, 2.24) is 4.57 Å². The minimum absolute atomic E-state index is 0.236. The molecule has 20 heavy (non-hydrogen) atoms. The maximum absolute atomic E-state index is 12.0. The van der Waals surface area contributed by atoms with Crippen LogP contribution in [0.5, 0.6) is 5.75 Å². The third kappa shape index (κ3) is 2.91. The number of hydrogen-bond donors (Lipinski definition) is 1. The van der Waals surface area contributed by atoms with Gasteiger partial charge in [-0.25, -0.2) is 4.79 Å². The highest BCUT2D eigenvalue weighted by Gasteiger charge is 2.10. The lowest BCUT2D eigenvalue weighted by Crippen LogP contribution is -2.25. The second-order valence-corrected chi connectivity index (χ2v) is 4.98. The molecule has 0 spiro atoms. The Morgan fingerprint density at radius 3 is 2.75 bits per heavy atom. The molecule has 1 heterocycles. The first-order chi connectivity index (χ1) is 9.52. The Kier molecular flexibility index (Phi) is 4.24. The lowest BCUT2D eigenvalue weighted by molar-refractivity contribution is 0.0694. The number of benzene rings is 1. The summed E-state index contributed by atoms with van der Waals surface area (Å²) in [7, 11) is 1.57. The molecule has 5 nitrogen and oxygen atoms in total. The first-order valence-corrected chi connectivity index (χ1v) is 6.57. The molecule has 104 valence electrons. The smallest absolute Gasteiger partial charge is 0.341 e. The molecule has 0 aliphatic carbocycles. The number of nitrogens with zero attached hydrogens (tertiary/aromatic N) is 1. The van der Waals surface area contributed by atoms with E-state index in [9.17, 15) is 9.59 Å². The highest BCUT2D eigenvalue weighted by molar-refractivity contribution is 9.10. The summed E-state index contributed by atoms with van der Waals surface area (Å²) in [5.74, 6) is -0.527. The normalized spacial score (nSPS) is 10.3. The molecule has 2 rings (SSSR count). The summed E-state index contributed by atoms with van der Waals surface area (Å²) < 4.78 is 7.27. The molecule has 6 heteroatoms. The van der Waals surface area contributed by atoms with Gasteiger partial charge in [0.25, 0.3) is 5.56 Å². The Morgan fingerprint density at radius 2 is 2.15 bits per heavy atom. The van der Waals surface area contributed by atoms with Crippen LogP contribution in [0.4, 0.5) is 0 Å². The summed E-state index contributed by atoms with van der Waals surface area (Å²) in [6.07, 6.45) is 1.56. The van der Waals surface area contributed by atoms with Gasteiger partial charge >= 0.3 is 5.97 Å². The van der Waals surface area contributed by atoms with Crippen molar-refractivity contribution in [2.75, 3.05) is 7.11 Å². The Bertz CT molecular complexity index is 709. The van der Waals surface area contributed by atoms with Crippen LogP contribution in [0.25, 0.3) is 0 Å². The van der Waals surface area contributed by atoms with Crippen molar-refractivity contribution in [2.45, 2.75) is 6.54 Å². The van der Waals surface area contributed by atoms with Crippen molar-refractivity contribution in [1.29, 1.82) is 0 Å². The van der Waals surface area contributed by atoms with Gasteiger partial charge in [0.2, 0.25) is 0 Å². The lowest BCUT2D eigenvalue weighted by Gasteiger charge is -2.09. The molecule has 0 unspecified atom stereocenters. The summed E-state index contributed by atoms with van der Waals surface area (Å²) in [5.41, 5.74) is 0.106. The van der Waals surface area contributed by atoms with E-state index in [4.69, 9.17) is 9.84 Å². The molecular formula is C14H12BrNO4. The predicted molar refractivity (Wildman–Crippen MR) is 77.5 cm³/mol. The van der Waals surface area contributed by atoms with Crippen molar-refractivity contribution in [3.63, 3.8) is 0 Å². The van der Waals surface area contributed by atoms with Gasteiger partial charge < -0.3 is 14.4 Å². The third-order valence-corrected chi connectivity index (χ3v) is 3.44. The van der Waals surface area contributed by atoms with Gasteiger partial charge in [0, 0.05) is 6.20 Å². The molecule has 1 aromatic carbocycles. The van der Waals surface area contributed by atoms with Crippen molar-refractivity contribution in [2.24, 2.45) is 0 Å². The summed E-state index contributed by atoms with van der Waals surface area (Å²) in [5, 5.41) is 8.93. The maximum Gasteiger partial charge on any atom is 0.341 e. The molecule has 0 bridgehead atoms. The number of aromatic carboxylic acids is 1. The Hall–Kier alpha value is -2.08. The van der Waals surface area contributed by atoms with E-state index in [0.717, 1.165) is 10.0 Å². The Labute approximate surface area is 123 Å². The quantitative estimate of drug-likeness (QED) is 0.929. The number of carboxylic acids is 1. The molecule has 0 aliphatic heterocycles. The van der Waals surface area contributed by atoms with E-state index in [-0.39, 0.29) is 5.56 Å². The van der Waals surface area contributed by atoms with Gasteiger partial charge in [0.15, 0.2) is 0 Å². The zero-order valence-electron chi connectivity index (χ0n) is 10.7. The van der Waals surface area contributed by atoms with Crippen LogP contribution in [0.2, 0.25) is 0 Å². The van der Waals surface area contributed by atoms with Gasteiger partial charge in [-0.2, -0.15) is 0 Å². The first kappa shape index (κ1) is 14.3. The van der Waals surface area contributed by atoms with E-state index in [1.54, 1.807) is 25.4 Å². The van der Waals surface area contributed by atoms with Crippen LogP contribution in [0.1, 0.15) is 15.9 Å². The summed E-state index contributed by atoms with van der Waals surface area (Å²) in [6.45, 7) is 0.294. The topological polar surface area (TPSA) is 68.5 Å². The number of ether oxygens (including phenoxy) is 1. The predicted octanol–water partition coefficient (Wildman–Crippen LogP) is 2.37. The number of halogens is 1. The molecule has 0 radical (unpaired) electrons. The molecule has 0 saturated carbocycles. The van der Waals surface area contributed by atoms with Crippen molar-refractivity contribution < 1.29 is 14.6 Å². The Morgan fingerprint density at radius 1 is 1.40 bits per heavy atom. The minimum Gasteiger partial charge on any atom is -0.496 e. The van der Waals surface area contributed by atoms with E-state index in [2.05, 4.69) is 15.9 Å². The highest BCUT2D eigenvalue weighted by Crippen LogP contribution is 2.25. The lowest BCUT2D eigenvalue weighted by atomic mass is 10.2. The fourth-order valence-electron chi connectivity index (χ4n) is 1.83. The van der Waals surface area contributed by atoms with Gasteiger partial charge in [-0.15, -0.1) is 0 Å². The average Bonchev–Trinajstić information content (AvgIpc) is 2.41. The van der Waals surface area contributed by atoms with Crippen molar-refractivity contribution in [3.8, 4) is 5.75 Å². The maximum atomic E-state index is 12.0. The standard InChI is InChI=1S/C14H12BrNO4/c1-20-12-5-4-9(7-11(12)15)8-16-6-2-3-10(13(16)17)14(18)19/h2-7H,8H2,1H3,(H,18,19). The second-order valence-electron chi connectivity index (χ2n) is 4.13. The number of methoxy groups -OCH3 is 1. The highest BCUT2D eigenvalue weighted by atomic mass is 79.9. The van der Waals surface area contributed by atoms with E-state index in [1.807, 2.05) is 12.1 Å². The molecule has 1 N–H and O–H groups in total. The first-order valence-electron chi connectivity index (χ1n) is 5.78. The third-order valence-electron chi connectivity index (χ3n) is 2.82. The van der Waals surface area contributed by atoms with E-state index in [1.165, 1.54) is 10.6 Å². The van der Waals surface area contributed by atoms with Gasteiger partial charge in [-0.3, -0.25) is 4.79 Å². The van der Waals surface area contributed by atoms with Crippen LogP contribution in [0, 0.1) is 0 Å². The molecule has 0 atom stereocenters. The largest absolute Gasteiger partial charge is 0.496 e. The molecule has 1 aromatic heterocycles. The summed E-state index contributed by atoms with van der Waals surface area (Å²) >= 11 is 3.37. The fourth-order valence-corrected chi connectivity index (χ4v) is 2.42. The van der Waals surface area contributed by atoms with Gasteiger partial charge in [-0.1, -0.05) is 6.07 Å². The summed E-state index contributed by atoms with van der Waals surface area (Å²) in [6, 6.07) is 8.28. The van der Waals surface area contributed by atoms with Crippen LogP contribution in [-0.4, -0.2) is 22.8 Å². The number of carboxylic acid groups (broad SMARTS) is 1. The van der Waals surface area contributed by atoms with Gasteiger partial charge in [-0.05, 0) is 45.8 Å². The zero-order valence-corrected chi connectivity index (χ0v) is 12.3. The monoisotopic (exact) mass is 337 g/mol. The SMILES string of the molecule is COc1ccc(Cn2cccc(C(=O)O)c2=O)cc1Br. The zero-order chi connectivity index (χ0) is 14.7. The van der Waals surface area contributed by atoms with E-state index in [0.29, 0.717) is 12.3 Å². The molecule has 2 aromatic rings. The number of carbonyl (C=O) groups is 1. The number of aromatic nitrogens is 1. The fraction of sp³-hybridized carbons (Fsp3) is 0.143.